The molecule has 0 bridgehead atoms. The van der Waals surface area contributed by atoms with Gasteiger partial charge in [0.25, 0.3) is 0 Å². The maximum Gasteiger partial charge on any atom is 0.167 e. The largest absolute Gasteiger partial charge is 0.343 e. The number of ketones is 1. The number of halogens is 2. The Morgan fingerprint density at radius 1 is 0.842 bits per heavy atom. The minimum absolute atomic E-state index is 0.0505. The van der Waals surface area contributed by atoms with E-state index in [1.54, 1.807) is 0 Å². The Hall–Kier alpha value is -0.870. The average molecular weight is 650 g/mol. The summed E-state index contributed by atoms with van der Waals surface area (Å²) in [6.07, 6.45) is 21.4. The highest BCUT2D eigenvalue weighted by Gasteiger charge is 2.35. The van der Waals surface area contributed by atoms with Crippen molar-refractivity contribution in [3.8, 4) is 0 Å². The van der Waals surface area contributed by atoms with Crippen LogP contribution >= 0.6 is 31.9 Å². The first-order chi connectivity index (χ1) is 18.5. The van der Waals surface area contributed by atoms with Gasteiger partial charge in [0, 0.05) is 38.0 Å². The number of aromatic nitrogens is 1. The lowest BCUT2D eigenvalue weighted by molar-refractivity contribution is -0.117. The number of carbonyl (C=O) groups is 1. The number of aryl methyl sites for hydroxylation is 2. The third kappa shape index (κ3) is 8.09. The summed E-state index contributed by atoms with van der Waals surface area (Å²) in [6.45, 7) is 9.90. The van der Waals surface area contributed by atoms with Crippen molar-refractivity contribution in [3.63, 3.8) is 0 Å². The highest BCUT2D eigenvalue weighted by molar-refractivity contribution is 9.10. The van der Waals surface area contributed by atoms with Gasteiger partial charge in [0.05, 0.1) is 5.92 Å². The van der Waals surface area contributed by atoms with Gasteiger partial charge in [-0.15, -0.1) is 0 Å². The van der Waals surface area contributed by atoms with Gasteiger partial charge in [-0.1, -0.05) is 117 Å². The van der Waals surface area contributed by atoms with Crippen LogP contribution in [0.25, 0.3) is 17.0 Å². The number of Topliss-reactive ketones (excluding diaryl/α,β-unsaturated/α-hetero) is 1. The molecule has 0 N–H and O–H groups in total. The van der Waals surface area contributed by atoms with E-state index in [0.29, 0.717) is 10.6 Å². The fraction of sp³-hybridized carbons (Fsp3) is 0.676. The Labute approximate surface area is 249 Å². The van der Waals surface area contributed by atoms with Crippen LogP contribution in [0, 0.1) is 0 Å². The lowest BCUT2D eigenvalue weighted by atomic mass is 9.80. The van der Waals surface area contributed by atoms with Crippen molar-refractivity contribution < 1.29 is 4.79 Å². The highest BCUT2D eigenvalue weighted by atomic mass is 79.9. The van der Waals surface area contributed by atoms with Crippen molar-refractivity contribution in [1.29, 1.82) is 0 Å². The average Bonchev–Trinajstić information content (AvgIpc) is 3.21. The van der Waals surface area contributed by atoms with Gasteiger partial charge in [-0.2, -0.15) is 0 Å². The van der Waals surface area contributed by atoms with Crippen LogP contribution in [0.1, 0.15) is 147 Å². The Morgan fingerprint density at radius 3 is 2.11 bits per heavy atom. The molecule has 2 atom stereocenters. The molecule has 2 aromatic rings. The van der Waals surface area contributed by atoms with E-state index in [4.69, 9.17) is 0 Å². The second kappa shape index (κ2) is 16.4. The lowest BCUT2D eigenvalue weighted by Gasteiger charge is -2.27. The molecule has 0 amide bonds. The number of alkyl halides is 1. The molecule has 1 aromatic heterocycles. The van der Waals surface area contributed by atoms with E-state index in [1.807, 2.05) is 0 Å². The van der Waals surface area contributed by atoms with E-state index in [2.05, 4.69) is 82.3 Å². The van der Waals surface area contributed by atoms with Gasteiger partial charge in [0.15, 0.2) is 5.78 Å². The highest BCUT2D eigenvalue weighted by Crippen LogP contribution is 2.44. The zero-order valence-corrected chi connectivity index (χ0v) is 27.7. The first-order valence-corrected chi connectivity index (χ1v) is 17.4. The molecular formula is C34H51Br2NO. The minimum atomic E-state index is -0.0505. The van der Waals surface area contributed by atoms with Gasteiger partial charge in [-0.3, -0.25) is 4.79 Å². The van der Waals surface area contributed by atoms with Gasteiger partial charge in [0.1, 0.15) is 0 Å². The Morgan fingerprint density at radius 2 is 1.47 bits per heavy atom. The summed E-state index contributed by atoms with van der Waals surface area (Å²) < 4.78 is 3.66. The van der Waals surface area contributed by atoms with E-state index in [9.17, 15) is 4.79 Å². The predicted molar refractivity (Wildman–Crippen MR) is 174 cm³/mol. The van der Waals surface area contributed by atoms with Crippen molar-refractivity contribution in [2.75, 3.05) is 0 Å². The molecule has 1 aromatic carbocycles. The lowest BCUT2D eigenvalue weighted by Crippen LogP contribution is -2.25. The first kappa shape index (κ1) is 31.7. The Kier molecular flexibility index (Phi) is 13.7. The molecule has 3 rings (SSSR count). The molecule has 1 heterocycles. The van der Waals surface area contributed by atoms with Crippen LogP contribution in [-0.4, -0.2) is 15.2 Å². The summed E-state index contributed by atoms with van der Waals surface area (Å²) in [5.74, 6) is 0.326. The molecule has 38 heavy (non-hydrogen) atoms. The monoisotopic (exact) mass is 647 g/mol. The molecule has 0 saturated heterocycles. The summed E-state index contributed by atoms with van der Waals surface area (Å²) in [7, 11) is 0. The van der Waals surface area contributed by atoms with Crippen LogP contribution in [0.2, 0.25) is 0 Å². The second-order valence-electron chi connectivity index (χ2n) is 11.4. The summed E-state index contributed by atoms with van der Waals surface area (Å²) in [4.78, 5) is 14.4. The van der Waals surface area contributed by atoms with Gasteiger partial charge >= 0.3 is 0 Å². The first-order valence-electron chi connectivity index (χ1n) is 15.7. The smallest absolute Gasteiger partial charge is 0.167 e. The number of allylic oxidation sites excluding steroid dienone is 1. The quantitative estimate of drug-likeness (QED) is 0.116. The van der Waals surface area contributed by atoms with Crippen LogP contribution in [0.4, 0.5) is 0 Å². The fourth-order valence-corrected chi connectivity index (χ4v) is 7.39. The molecule has 2 nitrogen and oxygen atoms in total. The molecule has 4 heteroatoms. The van der Waals surface area contributed by atoms with Crippen LogP contribution < -0.4 is 0 Å². The maximum atomic E-state index is 14.0. The van der Waals surface area contributed by atoms with Gasteiger partial charge < -0.3 is 4.57 Å². The van der Waals surface area contributed by atoms with Crippen molar-refractivity contribution in [3.05, 3.63) is 39.0 Å². The van der Waals surface area contributed by atoms with Crippen LogP contribution in [-0.2, 0) is 17.8 Å². The molecule has 2 unspecified atom stereocenters. The summed E-state index contributed by atoms with van der Waals surface area (Å²) in [5, 5.41) is 1.34. The van der Waals surface area contributed by atoms with Crippen molar-refractivity contribution in [2.24, 2.45) is 0 Å². The third-order valence-corrected chi connectivity index (χ3v) is 9.94. The number of unbranched alkanes of at least 4 members (excludes halogenated alkanes) is 9. The maximum absolute atomic E-state index is 14.0. The Bertz CT molecular complexity index is 1070. The number of fused-ring (bicyclic) bond motifs is 3. The van der Waals surface area contributed by atoms with E-state index < -0.39 is 0 Å². The number of hydrogen-bond acceptors (Lipinski definition) is 1. The number of hydrogen-bond donors (Lipinski definition) is 0. The molecule has 0 saturated carbocycles. The van der Waals surface area contributed by atoms with Crippen LogP contribution in [0.15, 0.2) is 22.2 Å². The van der Waals surface area contributed by atoms with E-state index in [1.165, 1.54) is 103 Å². The van der Waals surface area contributed by atoms with E-state index in [0.717, 1.165) is 44.2 Å². The SMILES string of the molecule is CCCCCCCC1=Cc2c(n(CC)c3cc(Br)c(CCCCCCC)cc23)C(CC(Br)CCCC)C1=O. The summed E-state index contributed by atoms with van der Waals surface area (Å²) in [6, 6.07) is 4.77. The fourth-order valence-electron chi connectivity index (χ4n) is 6.16. The molecule has 0 aliphatic heterocycles. The van der Waals surface area contributed by atoms with Crippen molar-refractivity contribution in [1.82, 2.24) is 4.57 Å². The molecule has 0 fully saturated rings. The molecule has 1 aliphatic carbocycles. The number of benzene rings is 1. The number of carbonyl (C=O) groups excluding carboxylic acids is 1. The summed E-state index contributed by atoms with van der Waals surface area (Å²) in [5.41, 5.74) is 6.33. The minimum Gasteiger partial charge on any atom is -0.343 e. The molecule has 212 valence electrons. The predicted octanol–water partition coefficient (Wildman–Crippen LogP) is 11.7. The number of rotatable bonds is 18. The molecular weight excluding hydrogens is 598 g/mol. The van der Waals surface area contributed by atoms with Gasteiger partial charge in [0.2, 0.25) is 0 Å². The molecule has 0 spiro atoms. The van der Waals surface area contributed by atoms with Gasteiger partial charge in [-0.25, -0.2) is 0 Å². The zero-order chi connectivity index (χ0) is 27.5. The second-order valence-corrected chi connectivity index (χ2v) is 13.5. The van der Waals surface area contributed by atoms with Crippen molar-refractivity contribution in [2.45, 2.75) is 148 Å². The molecule has 1 aliphatic rings. The topological polar surface area (TPSA) is 22.0 Å². The third-order valence-electron chi connectivity index (χ3n) is 8.37. The van der Waals surface area contributed by atoms with E-state index >= 15 is 0 Å². The zero-order valence-electron chi connectivity index (χ0n) is 24.5. The van der Waals surface area contributed by atoms with E-state index in [-0.39, 0.29) is 5.92 Å². The normalized spacial score (nSPS) is 16.2. The van der Waals surface area contributed by atoms with Gasteiger partial charge in [-0.05, 0) is 74.8 Å². The Balaban J connectivity index is 2.00. The number of nitrogens with zero attached hydrogens (tertiary/aromatic N) is 1. The molecule has 0 radical (unpaired) electrons. The summed E-state index contributed by atoms with van der Waals surface area (Å²) >= 11 is 7.88. The van der Waals surface area contributed by atoms with Crippen molar-refractivity contribution >= 4 is 54.6 Å². The standard InChI is InChI=1S/C34H51Br2NO/c1-5-9-12-14-16-18-25-21-28-29-22-26(19-17-15-13-10-6-2)34(38)30(23-27(35)20-11-7-3)33(29)37(8-4)32(28)24-31(25)36/h21-22,24,27,30H,5-20,23H2,1-4H3. The van der Waals surface area contributed by atoms with Crippen LogP contribution in [0.5, 0.6) is 0 Å². The van der Waals surface area contributed by atoms with Crippen LogP contribution in [0.3, 0.4) is 0 Å².